The number of piperidine rings is 1. The second-order valence-electron chi connectivity index (χ2n) is 9.86. The summed E-state index contributed by atoms with van der Waals surface area (Å²) in [4.78, 5) is 47.6. The smallest absolute Gasteiger partial charge is 0.303 e. The average molecular weight is 516 g/mol. The van der Waals surface area contributed by atoms with Crippen molar-refractivity contribution in [2.24, 2.45) is 5.41 Å². The van der Waals surface area contributed by atoms with Crippen molar-refractivity contribution in [2.45, 2.75) is 77.7 Å². The van der Waals surface area contributed by atoms with Crippen molar-refractivity contribution in [1.82, 2.24) is 15.5 Å². The highest BCUT2D eigenvalue weighted by Gasteiger charge is 2.51. The molecule has 2 fully saturated rings. The number of amides is 1. The van der Waals surface area contributed by atoms with Crippen LogP contribution in [-0.4, -0.2) is 89.9 Å². The molecule has 0 aromatic rings. The van der Waals surface area contributed by atoms with E-state index in [-0.39, 0.29) is 47.6 Å². The third-order valence-electron chi connectivity index (χ3n) is 6.32. The molecule has 1 unspecified atom stereocenters. The number of thioether (sulfide) groups is 1. The van der Waals surface area contributed by atoms with Crippen molar-refractivity contribution in [2.75, 3.05) is 45.1 Å². The molecule has 2 aliphatic heterocycles. The largest absolute Gasteiger partial charge is 0.481 e. The lowest BCUT2D eigenvalue weighted by Gasteiger charge is -2.54. The molecule has 1 spiro atoms. The maximum absolute atomic E-state index is 12.2. The number of carboxylic acid groups (broad SMARTS) is 1. The van der Waals surface area contributed by atoms with E-state index in [0.29, 0.717) is 38.4 Å². The molecule has 0 bridgehead atoms. The monoisotopic (exact) mass is 515 g/mol. The van der Waals surface area contributed by atoms with Gasteiger partial charge in [-0.25, -0.2) is 0 Å². The molecule has 2 aliphatic rings. The van der Waals surface area contributed by atoms with Crippen LogP contribution in [0.1, 0.15) is 65.7 Å². The maximum atomic E-state index is 12.2. The standard InChI is InChI=1S/C24H41N3O7S/c1-18(28)27-13-5-4-9-24(27)33-17-23(2,3)20(34-24)16-26-11-6-10-25-12-14-35-22(32)15-19(29)7-8-21(30)31/h20,25-26H,4-17H2,1-3H3,(H,30,31)/t20-,24?/m0/s1. The third kappa shape index (κ3) is 9.80. The Kier molecular flexibility index (Phi) is 12.1. The van der Waals surface area contributed by atoms with Crippen LogP contribution in [0.25, 0.3) is 0 Å². The van der Waals surface area contributed by atoms with Gasteiger partial charge in [0, 0.05) is 50.6 Å². The predicted octanol–water partition coefficient (Wildman–Crippen LogP) is 1.77. The number of nitrogens with one attached hydrogen (secondary N) is 2. The molecule has 0 aliphatic carbocycles. The van der Waals surface area contributed by atoms with E-state index in [1.165, 1.54) is 0 Å². The van der Waals surface area contributed by atoms with Gasteiger partial charge >= 0.3 is 5.97 Å². The van der Waals surface area contributed by atoms with Crippen LogP contribution in [0.2, 0.25) is 0 Å². The van der Waals surface area contributed by atoms with Crippen LogP contribution >= 0.6 is 11.8 Å². The van der Waals surface area contributed by atoms with Crippen molar-refractivity contribution in [3.63, 3.8) is 0 Å². The number of hydrogen-bond acceptors (Lipinski definition) is 9. The van der Waals surface area contributed by atoms with E-state index in [2.05, 4.69) is 24.5 Å². The molecule has 2 saturated heterocycles. The zero-order valence-electron chi connectivity index (χ0n) is 21.2. The Morgan fingerprint density at radius 1 is 1.09 bits per heavy atom. The van der Waals surface area contributed by atoms with E-state index in [9.17, 15) is 19.2 Å². The second-order valence-corrected chi connectivity index (χ2v) is 11.0. The zero-order valence-corrected chi connectivity index (χ0v) is 22.0. The number of hydrogen-bond donors (Lipinski definition) is 3. The molecule has 10 nitrogen and oxygen atoms in total. The molecule has 2 heterocycles. The number of nitrogens with zero attached hydrogens (tertiary/aromatic N) is 1. The highest BCUT2D eigenvalue weighted by atomic mass is 32.2. The Balaban J connectivity index is 1.59. The second kappa shape index (κ2) is 14.3. The van der Waals surface area contributed by atoms with E-state index in [0.717, 1.165) is 44.1 Å². The summed E-state index contributed by atoms with van der Waals surface area (Å²) in [5.74, 6) is -1.76. The highest BCUT2D eigenvalue weighted by molar-refractivity contribution is 8.13. The molecule has 2 rings (SSSR count). The summed E-state index contributed by atoms with van der Waals surface area (Å²) in [6, 6.07) is 0. The van der Waals surface area contributed by atoms with E-state index < -0.39 is 11.9 Å². The number of likely N-dealkylation sites (tertiary alicyclic amines) is 1. The Morgan fingerprint density at radius 2 is 1.83 bits per heavy atom. The number of ketones is 1. The van der Waals surface area contributed by atoms with Gasteiger partial charge in [0.15, 0.2) is 5.12 Å². The summed E-state index contributed by atoms with van der Waals surface area (Å²) in [5, 5.41) is 15.1. The molecule has 0 radical (unpaired) electrons. The van der Waals surface area contributed by atoms with Gasteiger partial charge in [0.2, 0.25) is 5.91 Å². The maximum Gasteiger partial charge on any atom is 0.303 e. The molecule has 11 heteroatoms. The molecule has 0 saturated carbocycles. The fourth-order valence-electron chi connectivity index (χ4n) is 4.20. The van der Waals surface area contributed by atoms with Crippen molar-refractivity contribution < 1.29 is 33.8 Å². The average Bonchev–Trinajstić information content (AvgIpc) is 2.79. The van der Waals surface area contributed by atoms with Gasteiger partial charge in [-0.3, -0.25) is 24.1 Å². The topological polar surface area (TPSA) is 134 Å². The Hall–Kier alpha value is -1.53. The van der Waals surface area contributed by atoms with Crippen molar-refractivity contribution in [3.8, 4) is 0 Å². The molecule has 200 valence electrons. The lowest BCUT2D eigenvalue weighted by Crippen LogP contribution is -2.65. The fourth-order valence-corrected chi connectivity index (χ4v) is 4.94. The normalized spacial score (nSPS) is 23.9. The first-order valence-corrected chi connectivity index (χ1v) is 13.4. The molecule has 2 atom stereocenters. The minimum Gasteiger partial charge on any atom is -0.481 e. The number of carbonyl (C=O) groups excluding carboxylic acids is 3. The number of rotatable bonds is 14. The van der Waals surface area contributed by atoms with E-state index in [4.69, 9.17) is 14.6 Å². The predicted molar refractivity (Wildman–Crippen MR) is 133 cm³/mol. The van der Waals surface area contributed by atoms with E-state index in [1.807, 2.05) is 0 Å². The Labute approximate surface area is 212 Å². The summed E-state index contributed by atoms with van der Waals surface area (Å²) < 4.78 is 12.6. The Morgan fingerprint density at radius 3 is 2.54 bits per heavy atom. The van der Waals surface area contributed by atoms with Crippen LogP contribution in [0.15, 0.2) is 0 Å². The van der Waals surface area contributed by atoms with Crippen molar-refractivity contribution >= 4 is 34.5 Å². The summed E-state index contributed by atoms with van der Waals surface area (Å²) in [6.45, 7) is 9.91. The first kappa shape index (κ1) is 29.7. The lowest BCUT2D eigenvalue weighted by atomic mass is 9.85. The SMILES string of the molecule is CC(=O)N1CCCCC12OCC(C)(C)[C@H](CNCCCNCCSC(=O)CC(=O)CCC(=O)O)O2. The van der Waals surface area contributed by atoms with E-state index >= 15 is 0 Å². The van der Waals surface area contributed by atoms with Crippen LogP contribution in [0.3, 0.4) is 0 Å². The minimum atomic E-state index is -1.03. The number of Topliss-reactive ketones (excluding diaryl/α,β-unsaturated/α-hetero) is 1. The highest BCUT2D eigenvalue weighted by Crippen LogP contribution is 2.41. The van der Waals surface area contributed by atoms with Crippen LogP contribution in [0.5, 0.6) is 0 Å². The van der Waals surface area contributed by atoms with Crippen molar-refractivity contribution in [1.29, 1.82) is 0 Å². The molecular formula is C24H41N3O7S. The number of carbonyl (C=O) groups is 4. The van der Waals surface area contributed by atoms with Crippen LogP contribution < -0.4 is 10.6 Å². The fraction of sp³-hybridized carbons (Fsp3) is 0.833. The van der Waals surface area contributed by atoms with Gasteiger partial charge in [0.05, 0.1) is 25.6 Å². The van der Waals surface area contributed by atoms with Gasteiger partial charge in [-0.1, -0.05) is 25.6 Å². The van der Waals surface area contributed by atoms with Gasteiger partial charge < -0.3 is 25.2 Å². The van der Waals surface area contributed by atoms with Gasteiger partial charge in [0.1, 0.15) is 5.78 Å². The minimum absolute atomic E-state index is 0.0214. The number of ether oxygens (including phenoxy) is 2. The Bertz CT molecular complexity index is 749. The molecule has 0 aromatic carbocycles. The lowest BCUT2D eigenvalue weighted by molar-refractivity contribution is -0.386. The quantitative estimate of drug-likeness (QED) is 0.232. The van der Waals surface area contributed by atoms with E-state index in [1.54, 1.807) is 11.8 Å². The molecule has 3 N–H and O–H groups in total. The van der Waals surface area contributed by atoms with Crippen LogP contribution in [-0.2, 0) is 28.7 Å². The van der Waals surface area contributed by atoms with Crippen LogP contribution in [0, 0.1) is 5.41 Å². The van der Waals surface area contributed by atoms with Crippen LogP contribution in [0.4, 0.5) is 0 Å². The number of aliphatic carboxylic acids is 1. The van der Waals surface area contributed by atoms with Gasteiger partial charge in [-0.05, 0) is 32.4 Å². The van der Waals surface area contributed by atoms with Crippen molar-refractivity contribution in [3.05, 3.63) is 0 Å². The van der Waals surface area contributed by atoms with Gasteiger partial charge in [-0.15, -0.1) is 0 Å². The third-order valence-corrected chi connectivity index (χ3v) is 7.20. The summed E-state index contributed by atoms with van der Waals surface area (Å²) in [6.07, 6.45) is 2.91. The summed E-state index contributed by atoms with van der Waals surface area (Å²) in [7, 11) is 0. The van der Waals surface area contributed by atoms with Gasteiger partial charge in [0.25, 0.3) is 5.91 Å². The molecule has 0 aromatic heterocycles. The zero-order chi connectivity index (χ0) is 25.9. The molecular weight excluding hydrogens is 474 g/mol. The number of carboxylic acids is 1. The van der Waals surface area contributed by atoms with Gasteiger partial charge in [-0.2, -0.15) is 0 Å². The first-order chi connectivity index (χ1) is 16.6. The molecule has 35 heavy (non-hydrogen) atoms. The summed E-state index contributed by atoms with van der Waals surface area (Å²) in [5.41, 5.74) is -0.171. The first-order valence-electron chi connectivity index (χ1n) is 12.5. The molecule has 1 amide bonds. The summed E-state index contributed by atoms with van der Waals surface area (Å²) >= 11 is 1.10.